The van der Waals surface area contributed by atoms with Gasteiger partial charge in [0.05, 0.1) is 8.47 Å². The summed E-state index contributed by atoms with van der Waals surface area (Å²) in [7, 11) is 0. The Hall–Kier alpha value is 0.620. The molecule has 29 heavy (non-hydrogen) atoms. The van der Waals surface area contributed by atoms with Crippen LogP contribution in [0.4, 0.5) is 0 Å². The van der Waals surface area contributed by atoms with Crippen LogP contribution in [0.25, 0.3) is 0 Å². The normalized spacial score (nSPS) is 17.0. The quantitative estimate of drug-likeness (QED) is 0.205. The van der Waals surface area contributed by atoms with Crippen molar-refractivity contribution in [1.29, 1.82) is 0 Å². The minimum Gasteiger partial charge on any atom is -0.0881 e. The van der Waals surface area contributed by atoms with Gasteiger partial charge in [-0.25, -0.2) is 0 Å². The predicted octanol–water partition coefficient (Wildman–Crippen LogP) is 11.4. The average molecular weight is 471 g/mol. The molecule has 0 atom stereocenters. The van der Waals surface area contributed by atoms with E-state index in [-0.39, 0.29) is 0 Å². The van der Waals surface area contributed by atoms with Crippen LogP contribution in [0.5, 0.6) is 0 Å². The Labute approximate surface area is 198 Å². The molecule has 0 amide bonds. The highest BCUT2D eigenvalue weighted by molar-refractivity contribution is 8.33. The minimum atomic E-state index is 1.29. The highest BCUT2D eigenvalue weighted by atomic mass is 32.2. The first-order valence-electron chi connectivity index (χ1n) is 12.0. The fraction of sp³-hybridized carbons (Fsp3) is 0.760. The van der Waals surface area contributed by atoms with E-state index in [1.54, 1.807) is 4.91 Å². The van der Waals surface area contributed by atoms with Gasteiger partial charge in [0, 0.05) is 0 Å². The topological polar surface area (TPSA) is 0 Å². The van der Waals surface area contributed by atoms with Crippen LogP contribution >= 0.6 is 47.0 Å². The molecular formula is C25H42S4. The molecule has 0 aromatic rings. The molecule has 0 aromatic heterocycles. The first-order chi connectivity index (χ1) is 14.2. The summed E-state index contributed by atoms with van der Waals surface area (Å²) in [6.45, 7) is 6.79. The third-order valence-corrected chi connectivity index (χ3v) is 11.3. The van der Waals surface area contributed by atoms with E-state index < -0.39 is 0 Å². The van der Waals surface area contributed by atoms with Crippen LogP contribution in [0.1, 0.15) is 124 Å². The summed E-state index contributed by atoms with van der Waals surface area (Å²) in [5.74, 6) is 0. The Balaban J connectivity index is 1.35. The van der Waals surface area contributed by atoms with Crippen LogP contribution in [-0.2, 0) is 0 Å². The molecule has 0 radical (unpaired) electrons. The molecule has 4 heteroatoms. The molecule has 166 valence electrons. The van der Waals surface area contributed by atoms with Gasteiger partial charge in [0.15, 0.2) is 0 Å². The summed E-state index contributed by atoms with van der Waals surface area (Å²) in [5, 5.41) is 2.40. The molecule has 0 N–H and O–H groups in total. The molecule has 0 nitrogen and oxygen atoms in total. The van der Waals surface area contributed by atoms with Crippen LogP contribution in [-0.4, -0.2) is 0 Å². The van der Waals surface area contributed by atoms with Crippen molar-refractivity contribution in [3.05, 3.63) is 28.6 Å². The second kappa shape index (κ2) is 16.3. The molecule has 0 saturated carbocycles. The molecule has 2 aliphatic heterocycles. The van der Waals surface area contributed by atoms with E-state index in [1.165, 1.54) is 121 Å². The standard InChI is InChI=1S/C25H42S4/c1-4-5-6-7-8-9-10-11-12-13-14-15-16-17-18-19-23-20-26-24(29-23)25-27-21(2)22(3)28-25/h20H,4-19H2,1-3H3. The van der Waals surface area contributed by atoms with Crippen molar-refractivity contribution < 1.29 is 0 Å². The molecule has 0 aliphatic carbocycles. The Bertz CT molecular complexity index is 543. The smallest absolute Gasteiger partial charge is 0.0699 e. The van der Waals surface area contributed by atoms with Gasteiger partial charge in [-0.1, -0.05) is 144 Å². The zero-order chi connectivity index (χ0) is 20.7. The van der Waals surface area contributed by atoms with E-state index >= 15 is 0 Å². The molecule has 2 aliphatic rings. The van der Waals surface area contributed by atoms with Crippen LogP contribution in [0, 0.1) is 0 Å². The Morgan fingerprint density at radius 1 is 0.552 bits per heavy atom. The van der Waals surface area contributed by atoms with Crippen LogP contribution in [0.2, 0.25) is 0 Å². The van der Waals surface area contributed by atoms with Gasteiger partial charge in [-0.3, -0.25) is 0 Å². The first-order valence-corrected chi connectivity index (χ1v) is 15.3. The van der Waals surface area contributed by atoms with Crippen LogP contribution < -0.4 is 0 Å². The summed E-state index contributed by atoms with van der Waals surface area (Å²) in [6.07, 6.45) is 23.0. The van der Waals surface area contributed by atoms with Crippen molar-refractivity contribution in [2.24, 2.45) is 0 Å². The van der Waals surface area contributed by atoms with E-state index in [2.05, 4.69) is 26.2 Å². The zero-order valence-corrected chi connectivity index (χ0v) is 22.3. The molecule has 0 spiro atoms. The predicted molar refractivity (Wildman–Crippen MR) is 143 cm³/mol. The SMILES string of the molecule is CCCCCCCCCCCCCCCCCC1=CSC(=C2SC(C)=C(C)S2)S1. The van der Waals surface area contributed by atoms with Gasteiger partial charge < -0.3 is 0 Å². The van der Waals surface area contributed by atoms with E-state index in [0.29, 0.717) is 0 Å². The number of unbranched alkanes of at least 4 members (excludes halogenated alkanes) is 14. The highest BCUT2D eigenvalue weighted by Crippen LogP contribution is 2.58. The maximum Gasteiger partial charge on any atom is 0.0699 e. The lowest BCUT2D eigenvalue weighted by molar-refractivity contribution is 0.532. The fourth-order valence-electron chi connectivity index (χ4n) is 3.68. The lowest BCUT2D eigenvalue weighted by atomic mass is 10.0. The number of allylic oxidation sites excluding steroid dienone is 3. The largest absolute Gasteiger partial charge is 0.0881 e. The average Bonchev–Trinajstić information content (AvgIpc) is 3.31. The van der Waals surface area contributed by atoms with Crippen molar-refractivity contribution in [3.8, 4) is 0 Å². The van der Waals surface area contributed by atoms with Crippen molar-refractivity contribution in [3.63, 3.8) is 0 Å². The Morgan fingerprint density at radius 3 is 1.48 bits per heavy atom. The first kappa shape index (κ1) is 25.9. The van der Waals surface area contributed by atoms with Gasteiger partial charge in [0.25, 0.3) is 0 Å². The highest BCUT2D eigenvalue weighted by Gasteiger charge is 2.22. The van der Waals surface area contributed by atoms with Gasteiger partial charge in [0.2, 0.25) is 0 Å². The van der Waals surface area contributed by atoms with E-state index in [4.69, 9.17) is 0 Å². The van der Waals surface area contributed by atoms with Crippen molar-refractivity contribution in [2.45, 2.75) is 124 Å². The molecule has 2 heterocycles. The van der Waals surface area contributed by atoms with E-state index in [9.17, 15) is 0 Å². The summed E-state index contributed by atoms with van der Waals surface area (Å²) < 4.78 is 3.03. The lowest BCUT2D eigenvalue weighted by Crippen LogP contribution is -1.84. The molecule has 2 rings (SSSR count). The Kier molecular flexibility index (Phi) is 14.5. The maximum atomic E-state index is 2.40. The van der Waals surface area contributed by atoms with Gasteiger partial charge in [-0.2, -0.15) is 0 Å². The number of hydrogen-bond acceptors (Lipinski definition) is 4. The molecule has 0 unspecified atom stereocenters. The summed E-state index contributed by atoms with van der Waals surface area (Å²) >= 11 is 7.92. The molecular weight excluding hydrogens is 429 g/mol. The van der Waals surface area contributed by atoms with Crippen molar-refractivity contribution in [1.82, 2.24) is 0 Å². The summed E-state index contributed by atoms with van der Waals surface area (Å²) in [5.41, 5.74) is 0. The summed E-state index contributed by atoms with van der Waals surface area (Å²) in [4.78, 5) is 4.56. The van der Waals surface area contributed by atoms with Gasteiger partial charge >= 0.3 is 0 Å². The number of thioether (sulfide) groups is 4. The summed E-state index contributed by atoms with van der Waals surface area (Å²) in [6, 6.07) is 0. The monoisotopic (exact) mass is 470 g/mol. The van der Waals surface area contributed by atoms with Gasteiger partial charge in [-0.15, -0.1) is 0 Å². The minimum absolute atomic E-state index is 1.29. The zero-order valence-electron chi connectivity index (χ0n) is 19.0. The third-order valence-electron chi connectivity index (χ3n) is 5.70. The van der Waals surface area contributed by atoms with Crippen molar-refractivity contribution in [2.75, 3.05) is 0 Å². The number of hydrogen-bond donors (Lipinski definition) is 0. The number of rotatable bonds is 16. The van der Waals surface area contributed by atoms with E-state index in [0.717, 1.165) is 0 Å². The van der Waals surface area contributed by atoms with Gasteiger partial charge in [-0.05, 0) is 46.8 Å². The molecule has 0 fully saturated rings. The second-order valence-electron chi connectivity index (χ2n) is 8.40. The maximum absolute atomic E-state index is 2.40. The van der Waals surface area contributed by atoms with Crippen LogP contribution in [0.15, 0.2) is 28.6 Å². The lowest BCUT2D eigenvalue weighted by Gasteiger charge is -2.05. The van der Waals surface area contributed by atoms with Gasteiger partial charge in [0.1, 0.15) is 0 Å². The van der Waals surface area contributed by atoms with Crippen LogP contribution in [0.3, 0.4) is 0 Å². The fourth-order valence-corrected chi connectivity index (χ4v) is 8.91. The Morgan fingerprint density at radius 2 is 1.00 bits per heavy atom. The van der Waals surface area contributed by atoms with E-state index in [1.807, 2.05) is 47.0 Å². The molecule has 0 bridgehead atoms. The molecule has 0 aromatic carbocycles. The molecule has 0 saturated heterocycles. The van der Waals surface area contributed by atoms with Crippen molar-refractivity contribution >= 4 is 47.0 Å². The second-order valence-corrected chi connectivity index (χ2v) is 13.4. The third kappa shape index (κ3) is 11.2.